The maximum atomic E-state index is 13.0. The second kappa shape index (κ2) is 6.23. The summed E-state index contributed by atoms with van der Waals surface area (Å²) >= 11 is 0. The summed E-state index contributed by atoms with van der Waals surface area (Å²) in [6, 6.07) is 5.31. The van der Waals surface area contributed by atoms with Crippen LogP contribution in [0.15, 0.2) is 35.1 Å². The van der Waals surface area contributed by atoms with Gasteiger partial charge >= 0.3 is 0 Å². The average Bonchev–Trinajstić information content (AvgIpc) is 2.48. The van der Waals surface area contributed by atoms with Gasteiger partial charge in [0.25, 0.3) is 11.5 Å². The lowest BCUT2D eigenvalue weighted by molar-refractivity contribution is 0.0910. The van der Waals surface area contributed by atoms with Crippen molar-refractivity contribution in [2.75, 3.05) is 6.54 Å². The van der Waals surface area contributed by atoms with Crippen molar-refractivity contribution in [1.29, 1.82) is 0 Å². The van der Waals surface area contributed by atoms with Gasteiger partial charge in [-0.2, -0.15) is 5.10 Å². The van der Waals surface area contributed by atoms with Crippen molar-refractivity contribution in [3.63, 3.8) is 0 Å². The number of aliphatic hydroxyl groups excluding tert-OH is 1. The number of amides is 1. The van der Waals surface area contributed by atoms with Gasteiger partial charge in [-0.1, -0.05) is 6.07 Å². The molecule has 0 aliphatic rings. The van der Waals surface area contributed by atoms with Gasteiger partial charge in [0.1, 0.15) is 5.69 Å². The quantitative estimate of drug-likeness (QED) is 0.766. The van der Waals surface area contributed by atoms with Gasteiger partial charge in [-0.15, -0.1) is 0 Å². The molecule has 6 nitrogen and oxygen atoms in total. The summed E-state index contributed by atoms with van der Waals surface area (Å²) < 4.78 is 25.8. The van der Waals surface area contributed by atoms with E-state index in [9.17, 15) is 23.5 Å². The molecule has 0 bridgehead atoms. The van der Waals surface area contributed by atoms with Crippen molar-refractivity contribution in [3.8, 4) is 0 Å². The van der Waals surface area contributed by atoms with Gasteiger partial charge in [-0.3, -0.25) is 9.59 Å². The first-order valence-corrected chi connectivity index (χ1v) is 5.94. The predicted octanol–water partition coefficient (Wildman–Crippen LogP) is 0.512. The molecule has 0 aliphatic heterocycles. The summed E-state index contributed by atoms with van der Waals surface area (Å²) in [7, 11) is 0. The Morgan fingerprint density at radius 3 is 2.67 bits per heavy atom. The van der Waals surface area contributed by atoms with E-state index in [1.54, 1.807) is 0 Å². The molecule has 0 radical (unpaired) electrons. The number of carbonyl (C=O) groups is 1. The fourth-order valence-electron chi connectivity index (χ4n) is 1.59. The third-order valence-corrected chi connectivity index (χ3v) is 2.70. The Labute approximate surface area is 117 Å². The monoisotopic (exact) mass is 295 g/mol. The number of H-pyrrole nitrogens is 1. The minimum absolute atomic E-state index is 0.0351. The van der Waals surface area contributed by atoms with E-state index in [-0.39, 0.29) is 17.8 Å². The lowest BCUT2D eigenvalue weighted by Gasteiger charge is -2.12. The summed E-state index contributed by atoms with van der Waals surface area (Å²) in [5.41, 5.74) is -0.357. The molecule has 1 atom stereocenters. The van der Waals surface area contributed by atoms with E-state index in [1.807, 2.05) is 0 Å². The van der Waals surface area contributed by atoms with Crippen LogP contribution in [0.2, 0.25) is 0 Å². The van der Waals surface area contributed by atoms with Crippen molar-refractivity contribution >= 4 is 5.91 Å². The number of nitrogens with one attached hydrogen (secondary N) is 2. The van der Waals surface area contributed by atoms with Gasteiger partial charge in [0.15, 0.2) is 11.6 Å². The molecule has 0 aliphatic carbocycles. The van der Waals surface area contributed by atoms with Crippen LogP contribution in [0.4, 0.5) is 8.78 Å². The number of rotatable bonds is 4. The minimum Gasteiger partial charge on any atom is -0.387 e. The van der Waals surface area contributed by atoms with Gasteiger partial charge < -0.3 is 10.4 Å². The molecule has 8 heteroatoms. The second-order valence-electron chi connectivity index (χ2n) is 4.21. The molecule has 0 saturated carbocycles. The van der Waals surface area contributed by atoms with Gasteiger partial charge in [0.05, 0.1) is 6.10 Å². The van der Waals surface area contributed by atoms with Crippen LogP contribution in [0.1, 0.15) is 22.2 Å². The molecule has 1 amide bonds. The maximum absolute atomic E-state index is 13.0. The van der Waals surface area contributed by atoms with Crippen molar-refractivity contribution < 1.29 is 18.7 Å². The molecule has 0 spiro atoms. The Morgan fingerprint density at radius 1 is 1.29 bits per heavy atom. The van der Waals surface area contributed by atoms with Crippen LogP contribution in [0.3, 0.4) is 0 Å². The highest BCUT2D eigenvalue weighted by atomic mass is 19.2. The molecular weight excluding hydrogens is 284 g/mol. The van der Waals surface area contributed by atoms with Gasteiger partial charge in [-0.05, 0) is 23.8 Å². The zero-order valence-corrected chi connectivity index (χ0v) is 10.6. The smallest absolute Gasteiger partial charge is 0.271 e. The van der Waals surface area contributed by atoms with Gasteiger partial charge in [0, 0.05) is 12.6 Å². The van der Waals surface area contributed by atoms with E-state index in [2.05, 4.69) is 15.5 Å². The molecule has 2 rings (SSSR count). The minimum atomic E-state index is -1.20. The third kappa shape index (κ3) is 3.69. The Hall–Kier alpha value is -2.61. The largest absolute Gasteiger partial charge is 0.387 e. The Kier molecular flexibility index (Phi) is 4.39. The summed E-state index contributed by atoms with van der Waals surface area (Å²) in [5, 5.41) is 17.8. The molecule has 3 N–H and O–H groups in total. The molecule has 0 fully saturated rings. The lowest BCUT2D eigenvalue weighted by Crippen LogP contribution is -2.30. The van der Waals surface area contributed by atoms with Crippen molar-refractivity contribution in [2.45, 2.75) is 6.10 Å². The van der Waals surface area contributed by atoms with Crippen LogP contribution in [0.25, 0.3) is 0 Å². The van der Waals surface area contributed by atoms with E-state index in [0.717, 1.165) is 18.2 Å². The summed E-state index contributed by atoms with van der Waals surface area (Å²) in [4.78, 5) is 22.5. The van der Waals surface area contributed by atoms with Gasteiger partial charge in [-0.25, -0.2) is 13.9 Å². The number of aromatic nitrogens is 2. The van der Waals surface area contributed by atoms with Crippen LogP contribution in [-0.2, 0) is 0 Å². The number of nitrogens with zero attached hydrogens (tertiary/aromatic N) is 1. The van der Waals surface area contributed by atoms with E-state index in [1.165, 1.54) is 12.1 Å². The fourth-order valence-corrected chi connectivity index (χ4v) is 1.59. The summed E-state index contributed by atoms with van der Waals surface area (Å²) in [6.07, 6.45) is -1.20. The number of carbonyl (C=O) groups excluding carboxylic acids is 1. The first-order valence-electron chi connectivity index (χ1n) is 5.94. The van der Waals surface area contributed by atoms with Crippen molar-refractivity contribution in [3.05, 3.63) is 63.6 Å². The lowest BCUT2D eigenvalue weighted by atomic mass is 10.1. The number of halogens is 2. The fraction of sp³-hybridized carbons (Fsp3) is 0.154. The number of hydrogen-bond acceptors (Lipinski definition) is 4. The van der Waals surface area contributed by atoms with Crippen LogP contribution in [0.5, 0.6) is 0 Å². The van der Waals surface area contributed by atoms with Crippen LogP contribution < -0.4 is 10.9 Å². The highest BCUT2D eigenvalue weighted by Crippen LogP contribution is 2.15. The zero-order valence-electron chi connectivity index (χ0n) is 10.6. The third-order valence-electron chi connectivity index (χ3n) is 2.70. The topological polar surface area (TPSA) is 95.1 Å². The Bertz CT molecular complexity index is 698. The van der Waals surface area contributed by atoms with E-state index >= 15 is 0 Å². The predicted molar refractivity (Wildman–Crippen MR) is 68.5 cm³/mol. The molecule has 1 aromatic carbocycles. The van der Waals surface area contributed by atoms with Crippen LogP contribution >= 0.6 is 0 Å². The van der Waals surface area contributed by atoms with Crippen LogP contribution in [0, 0.1) is 11.6 Å². The summed E-state index contributed by atoms with van der Waals surface area (Å²) in [5.74, 6) is -2.72. The average molecular weight is 295 g/mol. The number of benzene rings is 1. The highest BCUT2D eigenvalue weighted by Gasteiger charge is 2.13. The first kappa shape index (κ1) is 14.8. The standard InChI is InChI=1S/C13H11F2N3O3/c14-8-2-1-7(5-9(8)15)11(19)6-16-13(21)10-3-4-12(20)18-17-10/h1-5,11,19H,6H2,(H,16,21)(H,18,20). The zero-order chi connectivity index (χ0) is 15.4. The van der Waals surface area contributed by atoms with E-state index in [0.29, 0.717) is 0 Å². The molecule has 1 unspecified atom stereocenters. The SMILES string of the molecule is O=C(NCC(O)c1ccc(F)c(F)c1)c1ccc(=O)[nH]n1. The first-order chi connectivity index (χ1) is 9.97. The number of aliphatic hydroxyl groups is 1. The number of hydrogen-bond donors (Lipinski definition) is 3. The van der Waals surface area contributed by atoms with E-state index in [4.69, 9.17) is 0 Å². The molecule has 21 heavy (non-hydrogen) atoms. The van der Waals surface area contributed by atoms with Crippen molar-refractivity contribution in [1.82, 2.24) is 15.5 Å². The normalized spacial score (nSPS) is 12.0. The Morgan fingerprint density at radius 2 is 2.05 bits per heavy atom. The highest BCUT2D eigenvalue weighted by molar-refractivity contribution is 5.91. The molecule has 110 valence electrons. The Balaban J connectivity index is 1.98. The van der Waals surface area contributed by atoms with Crippen molar-refractivity contribution in [2.24, 2.45) is 0 Å². The molecule has 0 saturated heterocycles. The van der Waals surface area contributed by atoms with E-state index < -0.39 is 29.2 Å². The van der Waals surface area contributed by atoms with Crippen LogP contribution in [-0.4, -0.2) is 27.8 Å². The maximum Gasteiger partial charge on any atom is 0.271 e. The molecule has 1 aromatic heterocycles. The van der Waals surface area contributed by atoms with Gasteiger partial charge in [0.2, 0.25) is 0 Å². The molecule has 1 heterocycles. The number of aromatic amines is 1. The summed E-state index contributed by atoms with van der Waals surface area (Å²) in [6.45, 7) is -0.218. The molecule has 2 aromatic rings. The molecular formula is C13H11F2N3O3. The second-order valence-corrected chi connectivity index (χ2v) is 4.21.